The molecule has 15 heavy (non-hydrogen) atoms. The molecule has 0 aromatic rings. The Morgan fingerprint density at radius 2 is 1.13 bits per heavy atom. The molecule has 0 spiro atoms. The van der Waals surface area contributed by atoms with Crippen molar-refractivity contribution in [1.29, 1.82) is 0 Å². The van der Waals surface area contributed by atoms with Crippen LogP contribution in [0.2, 0.25) is 0 Å². The second-order valence-electron chi connectivity index (χ2n) is 3.25. The minimum Gasteiger partial charge on any atom is -0.296 e. The molecule has 0 aliphatic carbocycles. The molecule has 6 nitrogen and oxygen atoms in total. The molecule has 0 rings (SSSR count). The van der Waals surface area contributed by atoms with E-state index in [2.05, 4.69) is 0 Å². The molecule has 0 radical (unpaired) electrons. The Morgan fingerprint density at radius 3 is 1.20 bits per heavy atom. The standard InChI is InChI=1S/C9H14N2O4/c1-5(12)9(10,6(2)13)11(7(3)14)8(4)15/h10H2,1-4H3. The van der Waals surface area contributed by atoms with E-state index in [1.54, 1.807) is 0 Å². The Labute approximate surface area is 87.4 Å². The lowest BCUT2D eigenvalue weighted by Crippen LogP contribution is -2.68. The van der Waals surface area contributed by atoms with Gasteiger partial charge in [0.05, 0.1) is 0 Å². The summed E-state index contributed by atoms with van der Waals surface area (Å²) in [4.78, 5) is 45.3. The zero-order valence-electron chi connectivity index (χ0n) is 9.16. The van der Waals surface area contributed by atoms with Gasteiger partial charge in [-0.2, -0.15) is 0 Å². The average Bonchev–Trinajstić information content (AvgIpc) is 2.01. The molecule has 2 amide bonds. The first-order chi connectivity index (χ1) is 6.65. The van der Waals surface area contributed by atoms with Crippen molar-refractivity contribution in [2.45, 2.75) is 33.4 Å². The molecule has 2 N–H and O–H groups in total. The van der Waals surface area contributed by atoms with E-state index in [1.165, 1.54) is 0 Å². The van der Waals surface area contributed by atoms with E-state index in [4.69, 9.17) is 5.73 Å². The first kappa shape index (κ1) is 13.4. The van der Waals surface area contributed by atoms with E-state index in [9.17, 15) is 19.2 Å². The lowest BCUT2D eigenvalue weighted by Gasteiger charge is -2.33. The minimum atomic E-state index is -2.18. The van der Waals surface area contributed by atoms with Gasteiger partial charge >= 0.3 is 0 Å². The van der Waals surface area contributed by atoms with Crippen molar-refractivity contribution < 1.29 is 19.2 Å². The number of imide groups is 1. The smallest absolute Gasteiger partial charge is 0.228 e. The van der Waals surface area contributed by atoms with E-state index in [-0.39, 0.29) is 0 Å². The third-order valence-electron chi connectivity index (χ3n) is 2.06. The predicted octanol–water partition coefficient (Wildman–Crippen LogP) is -0.786. The molecule has 84 valence electrons. The van der Waals surface area contributed by atoms with Gasteiger partial charge in [0.15, 0.2) is 11.6 Å². The summed E-state index contributed by atoms with van der Waals surface area (Å²) >= 11 is 0. The highest BCUT2D eigenvalue weighted by Gasteiger charge is 2.46. The van der Waals surface area contributed by atoms with Gasteiger partial charge < -0.3 is 0 Å². The highest BCUT2D eigenvalue weighted by atomic mass is 16.2. The van der Waals surface area contributed by atoms with Crippen LogP contribution in [0, 0.1) is 0 Å². The number of carbonyl (C=O) groups excluding carboxylic acids is 4. The van der Waals surface area contributed by atoms with Crippen LogP contribution in [0.25, 0.3) is 0 Å². The summed E-state index contributed by atoms with van der Waals surface area (Å²) in [7, 11) is 0. The summed E-state index contributed by atoms with van der Waals surface area (Å²) in [6, 6.07) is 0. The van der Waals surface area contributed by atoms with Crippen LogP contribution in [0.15, 0.2) is 0 Å². The summed E-state index contributed by atoms with van der Waals surface area (Å²) < 4.78 is 0. The Kier molecular flexibility index (Phi) is 3.86. The molecule has 0 atom stereocenters. The molecule has 0 aliphatic heterocycles. The van der Waals surface area contributed by atoms with Gasteiger partial charge in [-0.3, -0.25) is 24.9 Å². The Balaban J connectivity index is 5.59. The van der Waals surface area contributed by atoms with Gasteiger partial charge in [-0.05, 0) is 13.8 Å². The van der Waals surface area contributed by atoms with Crippen molar-refractivity contribution in [3.63, 3.8) is 0 Å². The fraction of sp³-hybridized carbons (Fsp3) is 0.556. The topological polar surface area (TPSA) is 97.5 Å². The van der Waals surface area contributed by atoms with Crippen molar-refractivity contribution in [1.82, 2.24) is 4.90 Å². The largest absolute Gasteiger partial charge is 0.296 e. The predicted molar refractivity (Wildman–Crippen MR) is 51.5 cm³/mol. The van der Waals surface area contributed by atoms with Gasteiger partial charge in [0.1, 0.15) is 0 Å². The molecule has 0 saturated heterocycles. The maximum atomic E-state index is 11.3. The van der Waals surface area contributed by atoms with Crippen LogP contribution in [0.3, 0.4) is 0 Å². The molecule has 0 aromatic carbocycles. The van der Waals surface area contributed by atoms with E-state index in [1.807, 2.05) is 0 Å². The zero-order chi connectivity index (χ0) is 12.4. The van der Waals surface area contributed by atoms with Crippen LogP contribution < -0.4 is 5.73 Å². The van der Waals surface area contributed by atoms with Crippen LogP contribution >= 0.6 is 0 Å². The number of amides is 2. The number of ketones is 2. The summed E-state index contributed by atoms with van der Waals surface area (Å²) in [6.07, 6.45) is 0. The van der Waals surface area contributed by atoms with Gasteiger partial charge in [0.25, 0.3) is 0 Å². The van der Waals surface area contributed by atoms with E-state index < -0.39 is 29.0 Å². The number of Topliss-reactive ketones (excluding diaryl/α,β-unsaturated/α-hetero) is 2. The van der Waals surface area contributed by atoms with Gasteiger partial charge in [0, 0.05) is 13.8 Å². The zero-order valence-corrected chi connectivity index (χ0v) is 9.16. The summed E-state index contributed by atoms with van der Waals surface area (Å²) in [5.41, 5.74) is 3.33. The molecule has 0 fully saturated rings. The van der Waals surface area contributed by atoms with Crippen molar-refractivity contribution in [2.75, 3.05) is 0 Å². The molecule has 0 saturated carbocycles. The maximum Gasteiger partial charge on any atom is 0.228 e. The number of carbonyl (C=O) groups is 4. The van der Waals surface area contributed by atoms with E-state index in [0.717, 1.165) is 27.7 Å². The van der Waals surface area contributed by atoms with Crippen LogP contribution in [0.4, 0.5) is 0 Å². The van der Waals surface area contributed by atoms with Gasteiger partial charge in [-0.1, -0.05) is 0 Å². The average molecular weight is 214 g/mol. The third-order valence-corrected chi connectivity index (χ3v) is 2.06. The monoisotopic (exact) mass is 214 g/mol. The normalized spacial score (nSPS) is 10.7. The van der Waals surface area contributed by atoms with Crippen LogP contribution in [-0.2, 0) is 19.2 Å². The summed E-state index contributed by atoms with van der Waals surface area (Å²) in [5, 5.41) is 0. The molecule has 0 aliphatic rings. The lowest BCUT2D eigenvalue weighted by molar-refractivity contribution is -0.160. The van der Waals surface area contributed by atoms with Crippen LogP contribution in [0.1, 0.15) is 27.7 Å². The molecular weight excluding hydrogens is 200 g/mol. The first-order valence-electron chi connectivity index (χ1n) is 4.28. The fourth-order valence-electron chi connectivity index (χ4n) is 1.28. The van der Waals surface area contributed by atoms with Crippen molar-refractivity contribution in [3.8, 4) is 0 Å². The Hall–Kier alpha value is -1.56. The van der Waals surface area contributed by atoms with Gasteiger partial charge in [0.2, 0.25) is 17.5 Å². The molecule has 0 bridgehead atoms. The number of hydrogen-bond donors (Lipinski definition) is 1. The molecule has 0 unspecified atom stereocenters. The molecule has 0 heterocycles. The minimum absolute atomic E-state index is 0.470. The van der Waals surface area contributed by atoms with Crippen LogP contribution in [-0.4, -0.2) is 33.9 Å². The SMILES string of the molecule is CC(=O)N(C(C)=O)C(N)(C(C)=O)C(C)=O. The summed E-state index contributed by atoms with van der Waals surface area (Å²) in [6.45, 7) is 4.24. The van der Waals surface area contributed by atoms with E-state index >= 15 is 0 Å². The number of hydrogen-bond acceptors (Lipinski definition) is 5. The number of nitrogens with two attached hydrogens (primary N) is 1. The van der Waals surface area contributed by atoms with Crippen molar-refractivity contribution in [2.24, 2.45) is 5.73 Å². The lowest BCUT2D eigenvalue weighted by atomic mass is 9.99. The Bertz CT molecular complexity index is 307. The molecular formula is C9H14N2O4. The van der Waals surface area contributed by atoms with Crippen LogP contribution in [0.5, 0.6) is 0 Å². The second kappa shape index (κ2) is 4.31. The van der Waals surface area contributed by atoms with Gasteiger partial charge in [-0.15, -0.1) is 0 Å². The highest BCUT2D eigenvalue weighted by Crippen LogP contribution is 2.13. The fourth-order valence-corrected chi connectivity index (χ4v) is 1.28. The molecule has 6 heteroatoms. The Morgan fingerprint density at radius 1 is 0.867 bits per heavy atom. The highest BCUT2D eigenvalue weighted by molar-refractivity contribution is 6.15. The van der Waals surface area contributed by atoms with E-state index in [0.29, 0.717) is 4.90 Å². The maximum absolute atomic E-state index is 11.3. The van der Waals surface area contributed by atoms with Crippen molar-refractivity contribution in [3.05, 3.63) is 0 Å². The summed E-state index contributed by atoms with van der Waals surface area (Å²) in [5.74, 6) is -2.98. The van der Waals surface area contributed by atoms with Gasteiger partial charge in [-0.25, -0.2) is 4.90 Å². The quantitative estimate of drug-likeness (QED) is 0.490. The number of rotatable bonds is 3. The van der Waals surface area contributed by atoms with Crippen molar-refractivity contribution >= 4 is 23.4 Å². The number of nitrogens with zero attached hydrogens (tertiary/aromatic N) is 1. The molecule has 0 aromatic heterocycles. The third kappa shape index (κ3) is 2.27. The second-order valence-corrected chi connectivity index (χ2v) is 3.25. The first-order valence-corrected chi connectivity index (χ1v) is 4.28.